The highest BCUT2D eigenvalue weighted by Crippen LogP contribution is 2.16. The van der Waals surface area contributed by atoms with Crippen molar-refractivity contribution in [1.82, 2.24) is 9.71 Å². The fourth-order valence-electron chi connectivity index (χ4n) is 1.07. The normalized spacial score (nSPS) is 11.4. The molecule has 0 unspecified atom stereocenters. The number of nitrogens with one attached hydrogen (secondary N) is 2. The standard InChI is InChI=1S/C8H14N4O2S2/c1-15-6-5-11-16(13,14)7-3-2-4-10-8(7)12-9/h2-4,11H,5-6,9H2,1H3,(H,10,12). The van der Waals surface area contributed by atoms with Gasteiger partial charge in [0.25, 0.3) is 0 Å². The molecule has 90 valence electrons. The molecule has 0 amide bonds. The van der Waals surface area contributed by atoms with Gasteiger partial charge in [0.1, 0.15) is 4.90 Å². The van der Waals surface area contributed by atoms with Crippen LogP contribution in [0.25, 0.3) is 0 Å². The molecule has 1 rings (SSSR count). The van der Waals surface area contributed by atoms with Crippen molar-refractivity contribution >= 4 is 27.6 Å². The molecule has 6 nitrogen and oxygen atoms in total. The summed E-state index contributed by atoms with van der Waals surface area (Å²) in [4.78, 5) is 3.89. The molecular weight excluding hydrogens is 248 g/mol. The second-order valence-corrected chi connectivity index (χ2v) is 5.61. The van der Waals surface area contributed by atoms with Crippen LogP contribution in [-0.2, 0) is 10.0 Å². The molecule has 0 saturated carbocycles. The summed E-state index contributed by atoms with van der Waals surface area (Å²) in [6.45, 7) is 0.377. The maximum absolute atomic E-state index is 11.8. The van der Waals surface area contributed by atoms with E-state index in [1.165, 1.54) is 12.3 Å². The third kappa shape index (κ3) is 3.34. The molecule has 0 aliphatic heterocycles. The fraction of sp³-hybridized carbons (Fsp3) is 0.375. The van der Waals surface area contributed by atoms with Crippen molar-refractivity contribution in [2.75, 3.05) is 24.0 Å². The molecule has 0 atom stereocenters. The summed E-state index contributed by atoms with van der Waals surface area (Å²) in [6.07, 6.45) is 3.38. The summed E-state index contributed by atoms with van der Waals surface area (Å²) in [5, 5.41) is 0. The molecule has 0 radical (unpaired) electrons. The number of hydrogen-bond acceptors (Lipinski definition) is 6. The van der Waals surface area contributed by atoms with Crippen molar-refractivity contribution in [3.05, 3.63) is 18.3 Å². The molecule has 1 aromatic rings. The maximum atomic E-state index is 11.8. The monoisotopic (exact) mass is 262 g/mol. The van der Waals surface area contributed by atoms with E-state index in [0.29, 0.717) is 12.3 Å². The summed E-state index contributed by atoms with van der Waals surface area (Å²) in [7, 11) is -3.54. The zero-order valence-electron chi connectivity index (χ0n) is 8.80. The van der Waals surface area contributed by atoms with Gasteiger partial charge in [0.15, 0.2) is 5.82 Å². The summed E-state index contributed by atoms with van der Waals surface area (Å²) >= 11 is 1.56. The van der Waals surface area contributed by atoms with Gasteiger partial charge in [0.2, 0.25) is 10.0 Å². The number of sulfonamides is 1. The minimum atomic E-state index is -3.54. The summed E-state index contributed by atoms with van der Waals surface area (Å²) < 4.78 is 26.1. The Morgan fingerprint density at radius 3 is 2.94 bits per heavy atom. The van der Waals surface area contributed by atoms with E-state index >= 15 is 0 Å². The molecule has 0 spiro atoms. The van der Waals surface area contributed by atoms with Gasteiger partial charge in [-0.15, -0.1) is 0 Å². The zero-order chi connectivity index (χ0) is 12.0. The first-order valence-electron chi connectivity index (χ1n) is 4.52. The van der Waals surface area contributed by atoms with Gasteiger partial charge in [-0.1, -0.05) is 0 Å². The smallest absolute Gasteiger partial charge is 0.244 e. The van der Waals surface area contributed by atoms with Gasteiger partial charge in [0.05, 0.1) is 0 Å². The van der Waals surface area contributed by atoms with Crippen molar-refractivity contribution in [3.8, 4) is 0 Å². The Kier molecular flexibility index (Phi) is 5.00. The van der Waals surface area contributed by atoms with Crippen LogP contribution in [0.5, 0.6) is 0 Å². The number of rotatable bonds is 6. The number of nitrogens with two attached hydrogens (primary N) is 1. The van der Waals surface area contributed by atoms with E-state index in [1.807, 2.05) is 6.26 Å². The predicted molar refractivity (Wildman–Crippen MR) is 65.6 cm³/mol. The molecule has 0 bridgehead atoms. The zero-order valence-corrected chi connectivity index (χ0v) is 10.4. The first kappa shape index (κ1) is 13.2. The van der Waals surface area contributed by atoms with Crippen LogP contribution < -0.4 is 16.0 Å². The number of anilines is 1. The second kappa shape index (κ2) is 6.04. The number of nitrogens with zero attached hydrogens (tertiary/aromatic N) is 1. The van der Waals surface area contributed by atoms with Gasteiger partial charge in [0, 0.05) is 18.5 Å². The van der Waals surface area contributed by atoms with E-state index in [4.69, 9.17) is 5.84 Å². The van der Waals surface area contributed by atoms with Crippen molar-refractivity contribution in [2.24, 2.45) is 5.84 Å². The van der Waals surface area contributed by atoms with Crippen LogP contribution in [0.4, 0.5) is 5.82 Å². The number of hydrazine groups is 1. The minimum absolute atomic E-state index is 0.0543. The Morgan fingerprint density at radius 2 is 2.31 bits per heavy atom. The molecule has 0 aliphatic rings. The van der Waals surface area contributed by atoms with Crippen molar-refractivity contribution in [3.63, 3.8) is 0 Å². The fourth-order valence-corrected chi connectivity index (χ4v) is 2.66. The molecule has 0 aromatic carbocycles. The van der Waals surface area contributed by atoms with Crippen LogP contribution in [-0.4, -0.2) is 32.0 Å². The topological polar surface area (TPSA) is 97.1 Å². The van der Waals surface area contributed by atoms with Crippen LogP contribution in [0.2, 0.25) is 0 Å². The molecular formula is C8H14N4O2S2. The molecule has 4 N–H and O–H groups in total. The molecule has 16 heavy (non-hydrogen) atoms. The number of aromatic nitrogens is 1. The molecule has 0 aliphatic carbocycles. The lowest BCUT2D eigenvalue weighted by Crippen LogP contribution is -2.27. The number of pyridine rings is 1. The average Bonchev–Trinajstić information content (AvgIpc) is 2.29. The largest absolute Gasteiger partial charge is 0.307 e. The second-order valence-electron chi connectivity index (χ2n) is 2.89. The number of nitrogen functional groups attached to an aromatic ring is 1. The highest BCUT2D eigenvalue weighted by atomic mass is 32.2. The van der Waals surface area contributed by atoms with Crippen molar-refractivity contribution in [2.45, 2.75) is 4.90 Å². The van der Waals surface area contributed by atoms with E-state index in [9.17, 15) is 8.42 Å². The van der Waals surface area contributed by atoms with Gasteiger partial charge in [-0.3, -0.25) is 0 Å². The molecule has 0 saturated heterocycles. The summed E-state index contributed by atoms with van der Waals surface area (Å²) in [6, 6.07) is 2.99. The third-order valence-electron chi connectivity index (χ3n) is 1.80. The molecule has 1 aromatic heterocycles. The van der Waals surface area contributed by atoms with Gasteiger partial charge in [-0.05, 0) is 18.4 Å². The van der Waals surface area contributed by atoms with E-state index in [-0.39, 0.29) is 10.7 Å². The molecule has 0 fully saturated rings. The highest BCUT2D eigenvalue weighted by molar-refractivity contribution is 7.98. The quantitative estimate of drug-likeness (QED) is 0.379. The van der Waals surface area contributed by atoms with E-state index in [2.05, 4.69) is 15.1 Å². The first-order valence-corrected chi connectivity index (χ1v) is 7.39. The van der Waals surface area contributed by atoms with Crippen LogP contribution in [0, 0.1) is 0 Å². The van der Waals surface area contributed by atoms with Crippen LogP contribution in [0.15, 0.2) is 23.2 Å². The Bertz CT molecular complexity index is 435. The van der Waals surface area contributed by atoms with Gasteiger partial charge in [-0.25, -0.2) is 24.0 Å². The lowest BCUT2D eigenvalue weighted by molar-refractivity contribution is 0.584. The van der Waals surface area contributed by atoms with E-state index < -0.39 is 10.0 Å². The molecule has 8 heteroatoms. The Morgan fingerprint density at radius 1 is 1.56 bits per heavy atom. The first-order chi connectivity index (χ1) is 7.61. The Balaban J connectivity index is 2.89. The summed E-state index contributed by atoms with van der Waals surface area (Å²) in [5.74, 6) is 6.04. The highest BCUT2D eigenvalue weighted by Gasteiger charge is 2.17. The SMILES string of the molecule is CSCCNS(=O)(=O)c1cccnc1NN. The lowest BCUT2D eigenvalue weighted by atomic mass is 10.5. The van der Waals surface area contributed by atoms with Crippen LogP contribution in [0.1, 0.15) is 0 Å². The van der Waals surface area contributed by atoms with Crippen molar-refractivity contribution in [1.29, 1.82) is 0 Å². The number of hydrogen-bond donors (Lipinski definition) is 3. The van der Waals surface area contributed by atoms with Gasteiger partial charge < -0.3 is 5.43 Å². The Labute approximate surface area is 99.0 Å². The third-order valence-corrected chi connectivity index (χ3v) is 3.90. The minimum Gasteiger partial charge on any atom is -0.307 e. The van der Waals surface area contributed by atoms with Crippen LogP contribution >= 0.6 is 11.8 Å². The van der Waals surface area contributed by atoms with Crippen molar-refractivity contribution < 1.29 is 8.42 Å². The lowest BCUT2D eigenvalue weighted by Gasteiger charge is -2.09. The van der Waals surface area contributed by atoms with Gasteiger partial charge >= 0.3 is 0 Å². The summed E-state index contributed by atoms with van der Waals surface area (Å²) in [5.41, 5.74) is 2.26. The van der Waals surface area contributed by atoms with Gasteiger partial charge in [-0.2, -0.15) is 11.8 Å². The number of thioether (sulfide) groups is 1. The Hall–Kier alpha value is -0.830. The predicted octanol–water partition coefficient (Wildman–Crippen LogP) is 0.00850. The maximum Gasteiger partial charge on any atom is 0.244 e. The van der Waals surface area contributed by atoms with Crippen LogP contribution in [0.3, 0.4) is 0 Å². The average molecular weight is 262 g/mol. The van der Waals surface area contributed by atoms with E-state index in [0.717, 1.165) is 0 Å². The molecule has 1 heterocycles. The van der Waals surface area contributed by atoms with E-state index in [1.54, 1.807) is 17.8 Å².